The van der Waals surface area contributed by atoms with Gasteiger partial charge in [0.25, 0.3) is 0 Å². The number of aromatic nitrogens is 1. The second-order valence-electron chi connectivity index (χ2n) is 4.89. The Morgan fingerprint density at radius 3 is 2.71 bits per heavy atom. The maximum absolute atomic E-state index is 13.5. The molecule has 0 saturated heterocycles. The van der Waals surface area contributed by atoms with Crippen molar-refractivity contribution in [2.24, 2.45) is 0 Å². The Morgan fingerprint density at radius 1 is 1.33 bits per heavy atom. The molecule has 0 amide bonds. The van der Waals surface area contributed by atoms with Gasteiger partial charge in [-0.3, -0.25) is 0 Å². The Balaban J connectivity index is 2.14. The number of anilines is 1. The first-order chi connectivity index (χ1) is 9.97. The molecule has 21 heavy (non-hydrogen) atoms. The van der Waals surface area contributed by atoms with Gasteiger partial charge >= 0.3 is 0 Å². The molecule has 2 aromatic rings. The third kappa shape index (κ3) is 4.06. The molecule has 4 nitrogen and oxygen atoms in total. The minimum Gasteiger partial charge on any atom is -0.476 e. The van der Waals surface area contributed by atoms with Crippen LogP contribution in [0.5, 0.6) is 5.88 Å². The van der Waals surface area contributed by atoms with Gasteiger partial charge in [0.05, 0.1) is 10.7 Å². The van der Waals surface area contributed by atoms with Crippen molar-refractivity contribution in [1.82, 2.24) is 9.88 Å². The van der Waals surface area contributed by atoms with E-state index >= 15 is 0 Å². The van der Waals surface area contributed by atoms with Crippen molar-refractivity contribution >= 4 is 17.3 Å². The van der Waals surface area contributed by atoms with E-state index in [4.69, 9.17) is 22.1 Å². The monoisotopic (exact) mass is 309 g/mol. The highest BCUT2D eigenvalue weighted by Crippen LogP contribution is 2.31. The lowest BCUT2D eigenvalue weighted by Gasteiger charge is -2.11. The third-order valence-electron chi connectivity index (χ3n) is 2.92. The fraction of sp³-hybridized carbons (Fsp3) is 0.267. The van der Waals surface area contributed by atoms with Gasteiger partial charge in [-0.05, 0) is 32.3 Å². The molecule has 1 heterocycles. The quantitative estimate of drug-likeness (QED) is 0.862. The number of rotatable bonds is 5. The SMILES string of the molecule is CN(C)CCOc1ccc(-c2cc(F)c(N)cc2Cl)cn1. The lowest BCUT2D eigenvalue weighted by Crippen LogP contribution is -2.19. The minimum absolute atomic E-state index is 0.0281. The van der Waals surface area contributed by atoms with E-state index in [1.165, 1.54) is 12.1 Å². The van der Waals surface area contributed by atoms with Gasteiger partial charge in [0.2, 0.25) is 5.88 Å². The molecule has 0 aliphatic heterocycles. The first-order valence-corrected chi connectivity index (χ1v) is 6.83. The van der Waals surface area contributed by atoms with E-state index in [0.717, 1.165) is 6.54 Å². The summed E-state index contributed by atoms with van der Waals surface area (Å²) in [5.74, 6) is 0.0216. The average molecular weight is 310 g/mol. The molecule has 0 bridgehead atoms. The summed E-state index contributed by atoms with van der Waals surface area (Å²) < 4.78 is 19.0. The van der Waals surface area contributed by atoms with Crippen molar-refractivity contribution < 1.29 is 9.13 Å². The molecule has 2 N–H and O–H groups in total. The van der Waals surface area contributed by atoms with Crippen LogP contribution in [0.3, 0.4) is 0 Å². The van der Waals surface area contributed by atoms with Gasteiger partial charge in [-0.2, -0.15) is 0 Å². The van der Waals surface area contributed by atoms with E-state index < -0.39 is 5.82 Å². The highest BCUT2D eigenvalue weighted by molar-refractivity contribution is 6.33. The van der Waals surface area contributed by atoms with Crippen LogP contribution >= 0.6 is 11.6 Å². The number of benzene rings is 1. The summed E-state index contributed by atoms with van der Waals surface area (Å²) in [5.41, 5.74) is 6.76. The van der Waals surface area contributed by atoms with Crippen LogP contribution < -0.4 is 10.5 Å². The maximum atomic E-state index is 13.5. The zero-order chi connectivity index (χ0) is 15.4. The van der Waals surface area contributed by atoms with Gasteiger partial charge in [0.1, 0.15) is 12.4 Å². The predicted octanol–water partition coefficient (Wildman–Crippen LogP) is 3.06. The first kappa shape index (κ1) is 15.5. The zero-order valence-electron chi connectivity index (χ0n) is 11.9. The van der Waals surface area contributed by atoms with E-state index in [2.05, 4.69) is 4.98 Å². The van der Waals surface area contributed by atoms with Crippen LogP contribution in [-0.2, 0) is 0 Å². The standard InChI is InChI=1S/C15H17ClFN3O/c1-20(2)5-6-21-15-4-3-10(9-19-15)11-7-13(17)14(18)8-12(11)16/h3-4,7-9H,5-6,18H2,1-2H3. The van der Waals surface area contributed by atoms with Crippen LogP contribution in [0.4, 0.5) is 10.1 Å². The summed E-state index contributed by atoms with van der Waals surface area (Å²) in [6.07, 6.45) is 1.60. The topological polar surface area (TPSA) is 51.4 Å². The Kier molecular flexibility index (Phi) is 4.98. The molecule has 0 spiro atoms. The van der Waals surface area contributed by atoms with E-state index in [1.807, 2.05) is 19.0 Å². The summed E-state index contributed by atoms with van der Waals surface area (Å²) >= 11 is 6.08. The number of likely N-dealkylation sites (N-methyl/N-ethyl adjacent to an activating group) is 1. The third-order valence-corrected chi connectivity index (χ3v) is 3.23. The molecule has 6 heteroatoms. The normalized spacial score (nSPS) is 10.9. The van der Waals surface area contributed by atoms with Gasteiger partial charge in [-0.1, -0.05) is 11.6 Å². The number of nitrogens with two attached hydrogens (primary N) is 1. The Labute approximate surface area is 128 Å². The van der Waals surface area contributed by atoms with Crippen molar-refractivity contribution in [2.75, 3.05) is 33.0 Å². The smallest absolute Gasteiger partial charge is 0.213 e. The van der Waals surface area contributed by atoms with Crippen molar-refractivity contribution in [3.63, 3.8) is 0 Å². The minimum atomic E-state index is -0.499. The maximum Gasteiger partial charge on any atom is 0.213 e. The molecule has 0 unspecified atom stereocenters. The average Bonchev–Trinajstić information content (AvgIpc) is 2.43. The molecule has 1 aromatic heterocycles. The van der Waals surface area contributed by atoms with E-state index in [1.54, 1.807) is 18.3 Å². The number of nitrogen functional groups attached to an aromatic ring is 1. The van der Waals surface area contributed by atoms with Gasteiger partial charge in [-0.15, -0.1) is 0 Å². The largest absolute Gasteiger partial charge is 0.476 e. The van der Waals surface area contributed by atoms with Crippen molar-refractivity contribution in [3.8, 4) is 17.0 Å². The molecule has 0 saturated carbocycles. The fourth-order valence-corrected chi connectivity index (χ4v) is 2.02. The van der Waals surface area contributed by atoms with Gasteiger partial charge in [0, 0.05) is 29.9 Å². The number of pyridine rings is 1. The Hall–Kier alpha value is -1.85. The predicted molar refractivity (Wildman–Crippen MR) is 83.1 cm³/mol. The van der Waals surface area contributed by atoms with Crippen molar-refractivity contribution in [2.45, 2.75) is 0 Å². The summed E-state index contributed by atoms with van der Waals surface area (Å²) in [5, 5.41) is 0.386. The Bertz CT molecular complexity index is 617. The summed E-state index contributed by atoms with van der Waals surface area (Å²) in [4.78, 5) is 6.21. The van der Waals surface area contributed by atoms with Crippen LogP contribution in [0.25, 0.3) is 11.1 Å². The number of hydrogen-bond donors (Lipinski definition) is 1. The van der Waals surface area contributed by atoms with Crippen molar-refractivity contribution in [3.05, 3.63) is 41.3 Å². The van der Waals surface area contributed by atoms with Crippen molar-refractivity contribution in [1.29, 1.82) is 0 Å². The summed E-state index contributed by atoms with van der Waals surface area (Å²) in [7, 11) is 3.94. The van der Waals surface area contributed by atoms with Crippen LogP contribution in [0.15, 0.2) is 30.5 Å². The fourth-order valence-electron chi connectivity index (χ4n) is 1.74. The first-order valence-electron chi connectivity index (χ1n) is 6.46. The molecule has 0 atom stereocenters. The van der Waals surface area contributed by atoms with E-state index in [0.29, 0.717) is 28.6 Å². The highest BCUT2D eigenvalue weighted by atomic mass is 35.5. The molecule has 0 aliphatic rings. The van der Waals surface area contributed by atoms with Crippen LogP contribution in [0, 0.1) is 5.82 Å². The van der Waals surface area contributed by atoms with Crippen LogP contribution in [0.2, 0.25) is 5.02 Å². The van der Waals surface area contributed by atoms with Gasteiger partial charge in [0.15, 0.2) is 0 Å². The van der Waals surface area contributed by atoms with Crippen LogP contribution in [-0.4, -0.2) is 37.1 Å². The second kappa shape index (κ2) is 6.74. The molecule has 0 radical (unpaired) electrons. The van der Waals surface area contributed by atoms with E-state index in [-0.39, 0.29) is 5.69 Å². The van der Waals surface area contributed by atoms with Crippen LogP contribution in [0.1, 0.15) is 0 Å². The van der Waals surface area contributed by atoms with Gasteiger partial charge in [-0.25, -0.2) is 9.37 Å². The number of ether oxygens (including phenoxy) is 1. The lowest BCUT2D eigenvalue weighted by atomic mass is 10.1. The van der Waals surface area contributed by atoms with E-state index in [9.17, 15) is 4.39 Å². The molecular weight excluding hydrogens is 293 g/mol. The Morgan fingerprint density at radius 2 is 2.10 bits per heavy atom. The number of hydrogen-bond acceptors (Lipinski definition) is 4. The summed E-state index contributed by atoms with van der Waals surface area (Å²) in [6, 6.07) is 6.22. The second-order valence-corrected chi connectivity index (χ2v) is 5.30. The molecule has 112 valence electrons. The molecule has 0 fully saturated rings. The number of halogens is 2. The highest BCUT2D eigenvalue weighted by Gasteiger charge is 2.09. The zero-order valence-corrected chi connectivity index (χ0v) is 12.7. The summed E-state index contributed by atoms with van der Waals surface area (Å²) in [6.45, 7) is 1.36. The van der Waals surface area contributed by atoms with Gasteiger partial charge < -0.3 is 15.4 Å². The molecular formula is C15H17ClFN3O. The number of nitrogens with zero attached hydrogens (tertiary/aromatic N) is 2. The molecule has 1 aromatic carbocycles. The molecule has 0 aliphatic carbocycles. The lowest BCUT2D eigenvalue weighted by molar-refractivity contribution is 0.254. The molecule has 2 rings (SSSR count).